The average Bonchev–Trinajstić information content (AvgIpc) is 2.43. The highest BCUT2D eigenvalue weighted by molar-refractivity contribution is 6.24. The zero-order valence-electron chi connectivity index (χ0n) is 12.4. The van der Waals surface area contributed by atoms with Crippen LogP contribution in [0.4, 0.5) is 0 Å². The van der Waals surface area contributed by atoms with E-state index >= 15 is 0 Å². The van der Waals surface area contributed by atoms with Gasteiger partial charge in [0.2, 0.25) is 0 Å². The highest BCUT2D eigenvalue weighted by atomic mass is 28.2. The lowest BCUT2D eigenvalue weighted by atomic mass is 9.95. The molecule has 112 valence electrons. The van der Waals surface area contributed by atoms with Crippen LogP contribution in [0.25, 0.3) is 0 Å². The predicted octanol–water partition coefficient (Wildman–Crippen LogP) is 2.39. The maximum Gasteiger partial charge on any atom is 0.159 e. The molecule has 6 nitrogen and oxygen atoms in total. The molecule has 0 heterocycles. The first kappa shape index (κ1) is 18.3. The third-order valence-electron chi connectivity index (χ3n) is 3.15. The lowest BCUT2D eigenvalue weighted by molar-refractivity contribution is -0.0252. The van der Waals surface area contributed by atoms with Crippen molar-refractivity contribution < 1.29 is 9.16 Å². The molecule has 19 heavy (non-hydrogen) atoms. The van der Waals surface area contributed by atoms with Crippen LogP contribution in [0.1, 0.15) is 39.5 Å². The molecule has 0 aliphatic heterocycles. The van der Waals surface area contributed by atoms with Crippen LogP contribution < -0.4 is 0 Å². The molecule has 0 saturated heterocycles. The summed E-state index contributed by atoms with van der Waals surface area (Å²) < 4.78 is 11.2. The van der Waals surface area contributed by atoms with Crippen LogP contribution in [-0.2, 0) is 9.16 Å². The molecule has 0 rings (SSSR count). The van der Waals surface area contributed by atoms with Crippen molar-refractivity contribution in [1.82, 2.24) is 0 Å². The minimum absolute atomic E-state index is 0.451. The number of rotatable bonds is 12. The molecule has 0 bridgehead atoms. The summed E-state index contributed by atoms with van der Waals surface area (Å²) in [7, 11) is 0.797. The Labute approximate surface area is 117 Å². The van der Waals surface area contributed by atoms with Gasteiger partial charge in [0.25, 0.3) is 0 Å². The topological polar surface area (TPSA) is 77.3 Å². The molecule has 0 aromatic heterocycles. The molecule has 0 fully saturated rings. The second-order valence-electron chi connectivity index (χ2n) is 4.54. The fraction of sp³-hybridized carbons (Fsp3) is 1.00. The summed E-state index contributed by atoms with van der Waals surface area (Å²) in [5, 5.41) is 6.31. The molecule has 0 spiro atoms. The summed E-state index contributed by atoms with van der Waals surface area (Å²) >= 11 is 0. The number of nitrogens with zero attached hydrogens (tertiary/aromatic N) is 2. The average molecular weight is 290 g/mol. The van der Waals surface area contributed by atoms with Crippen molar-refractivity contribution in [1.29, 1.82) is 0 Å². The Morgan fingerprint density at radius 3 is 1.79 bits per heavy atom. The van der Waals surface area contributed by atoms with E-state index in [1.807, 2.05) is 20.4 Å². The maximum absolute atomic E-state index is 11.0. The Bertz CT molecular complexity index is 256. The lowest BCUT2D eigenvalue weighted by Crippen LogP contribution is -2.46. The van der Waals surface area contributed by atoms with Gasteiger partial charge in [0.05, 0.1) is 6.10 Å². The van der Waals surface area contributed by atoms with Crippen LogP contribution in [0, 0.1) is 9.81 Å². The fourth-order valence-electron chi connectivity index (χ4n) is 2.27. The zero-order valence-corrected chi connectivity index (χ0v) is 13.8. The summed E-state index contributed by atoms with van der Waals surface area (Å²) in [5.41, 5.74) is 0. The second-order valence-corrected chi connectivity index (χ2v) is 5.45. The molecule has 0 aliphatic rings. The van der Waals surface area contributed by atoms with Crippen molar-refractivity contribution in [3.8, 4) is 0 Å². The second kappa shape index (κ2) is 11.2. The van der Waals surface area contributed by atoms with E-state index in [1.165, 1.54) is 7.11 Å². The molecule has 4 unspecified atom stereocenters. The molecular weight excluding hydrogens is 264 g/mol. The van der Waals surface area contributed by atoms with Gasteiger partial charge >= 0.3 is 0 Å². The van der Waals surface area contributed by atoms with Crippen LogP contribution in [0.5, 0.6) is 0 Å². The Hall–Kier alpha value is -0.663. The van der Waals surface area contributed by atoms with Gasteiger partial charge in [-0.1, -0.05) is 43.6 Å². The predicted molar refractivity (Wildman–Crippen MR) is 79.1 cm³/mol. The van der Waals surface area contributed by atoms with Gasteiger partial charge in [-0.05, 0) is 12.8 Å². The minimum atomic E-state index is -0.731. The first-order valence-electron chi connectivity index (χ1n) is 6.99. The van der Waals surface area contributed by atoms with E-state index in [9.17, 15) is 9.81 Å². The molecule has 0 saturated carbocycles. The number of hydrogen-bond acceptors (Lipinski definition) is 6. The van der Waals surface area contributed by atoms with E-state index in [0.29, 0.717) is 12.8 Å². The van der Waals surface area contributed by atoms with Gasteiger partial charge in [-0.25, -0.2) is 0 Å². The highest BCUT2D eigenvalue weighted by Crippen LogP contribution is 2.22. The van der Waals surface area contributed by atoms with E-state index in [2.05, 4.69) is 10.4 Å². The molecule has 0 radical (unpaired) electrons. The Balaban J connectivity index is 5.04. The number of nitroso groups, excluding NO2 is 2. The van der Waals surface area contributed by atoms with Gasteiger partial charge < -0.3 is 9.16 Å². The normalized spacial score (nSPS) is 18.1. The molecular formula is C12H26N2O4Si. The van der Waals surface area contributed by atoms with Crippen LogP contribution in [-0.4, -0.2) is 41.2 Å². The summed E-state index contributed by atoms with van der Waals surface area (Å²) in [4.78, 5) is 22.0. The van der Waals surface area contributed by atoms with Crippen LogP contribution >= 0.6 is 0 Å². The highest BCUT2D eigenvalue weighted by Gasteiger charge is 2.36. The van der Waals surface area contributed by atoms with Crippen molar-refractivity contribution in [2.75, 3.05) is 7.11 Å². The van der Waals surface area contributed by atoms with Gasteiger partial charge in [-0.2, -0.15) is 9.81 Å². The van der Waals surface area contributed by atoms with Gasteiger partial charge in [-0.15, -0.1) is 0 Å². The summed E-state index contributed by atoms with van der Waals surface area (Å²) in [6, 6.07) is -0.954. The minimum Gasteiger partial charge on any atom is -0.416 e. The third-order valence-corrected chi connectivity index (χ3v) is 3.87. The van der Waals surface area contributed by atoms with E-state index < -0.39 is 34.1 Å². The molecule has 4 atom stereocenters. The van der Waals surface area contributed by atoms with Gasteiger partial charge in [0.15, 0.2) is 9.76 Å². The summed E-state index contributed by atoms with van der Waals surface area (Å²) in [5.74, 6) is 0. The van der Waals surface area contributed by atoms with Crippen molar-refractivity contribution in [2.45, 2.75) is 70.4 Å². The van der Waals surface area contributed by atoms with E-state index in [1.54, 1.807) is 0 Å². The molecule has 0 aromatic rings. The zero-order chi connectivity index (χ0) is 14.7. The fourth-order valence-corrected chi connectivity index (χ4v) is 3.07. The maximum atomic E-state index is 11.0. The molecule has 0 amide bonds. The number of hydrogen-bond donors (Lipinski definition) is 0. The smallest absolute Gasteiger partial charge is 0.159 e. The van der Waals surface area contributed by atoms with E-state index in [4.69, 9.17) is 9.16 Å². The Morgan fingerprint density at radius 1 is 1.00 bits per heavy atom. The van der Waals surface area contributed by atoms with Gasteiger partial charge in [0, 0.05) is 7.11 Å². The standard InChI is InChI=1S/C12H26N2O4Si/c1-5-7-9(13-15)11(17-3)12(18-19-4)10(14-16)8-6-2/h9-12H,5-8,19H2,1-4H3. The van der Waals surface area contributed by atoms with E-state index in [0.717, 1.165) is 12.8 Å². The quantitative estimate of drug-likeness (QED) is 0.408. The SMILES string of the molecule is CCCC(N=O)C(OC)C(O[SiH2]C)C(CCC)N=O. The largest absolute Gasteiger partial charge is 0.416 e. The molecule has 0 aromatic carbocycles. The van der Waals surface area contributed by atoms with Gasteiger partial charge in [0.1, 0.15) is 18.2 Å². The van der Waals surface area contributed by atoms with E-state index in [-0.39, 0.29) is 0 Å². The monoisotopic (exact) mass is 290 g/mol. The first-order chi connectivity index (χ1) is 9.19. The van der Waals surface area contributed by atoms with Crippen molar-refractivity contribution in [3.05, 3.63) is 9.81 Å². The molecule has 7 heteroatoms. The van der Waals surface area contributed by atoms with Crippen LogP contribution in [0.2, 0.25) is 6.55 Å². The van der Waals surface area contributed by atoms with Crippen molar-refractivity contribution in [2.24, 2.45) is 10.4 Å². The summed E-state index contributed by atoms with van der Waals surface area (Å²) in [6.45, 7) is 5.95. The lowest BCUT2D eigenvalue weighted by Gasteiger charge is -2.31. The molecule has 0 N–H and O–H groups in total. The number of methoxy groups -OCH3 is 1. The van der Waals surface area contributed by atoms with Gasteiger partial charge in [-0.3, -0.25) is 0 Å². The molecule has 0 aliphatic carbocycles. The Morgan fingerprint density at radius 2 is 1.47 bits per heavy atom. The number of ether oxygens (including phenoxy) is 1. The van der Waals surface area contributed by atoms with Crippen LogP contribution in [0.3, 0.4) is 0 Å². The van der Waals surface area contributed by atoms with Crippen molar-refractivity contribution >= 4 is 9.76 Å². The summed E-state index contributed by atoms with van der Waals surface area (Å²) in [6.07, 6.45) is 2.00. The van der Waals surface area contributed by atoms with Crippen LogP contribution in [0.15, 0.2) is 10.4 Å². The third kappa shape index (κ3) is 5.88. The Kier molecular flexibility index (Phi) is 10.8. The van der Waals surface area contributed by atoms with Crippen molar-refractivity contribution in [3.63, 3.8) is 0 Å². The first-order valence-corrected chi connectivity index (χ1v) is 8.98.